The van der Waals surface area contributed by atoms with Crippen molar-refractivity contribution in [3.8, 4) is 0 Å². The smallest absolute Gasteiger partial charge is 0.309 e. The molecule has 0 bridgehead atoms. The van der Waals surface area contributed by atoms with Gasteiger partial charge in [0.05, 0.1) is 17.4 Å². The Labute approximate surface area is 116 Å². The maximum Gasteiger partial charge on any atom is 0.309 e. The first-order chi connectivity index (χ1) is 9.44. The first-order valence-electron chi connectivity index (χ1n) is 6.61. The summed E-state index contributed by atoms with van der Waals surface area (Å²) in [5, 5.41) is 0. The zero-order valence-electron chi connectivity index (χ0n) is 10.8. The topological polar surface area (TPSA) is 60.4 Å². The van der Waals surface area contributed by atoms with Crippen LogP contribution in [0.4, 0.5) is 4.39 Å². The Balaban J connectivity index is 1.57. The Kier molecular flexibility index (Phi) is 3.28. The summed E-state index contributed by atoms with van der Waals surface area (Å²) < 4.78 is 40.7. The van der Waals surface area contributed by atoms with Gasteiger partial charge >= 0.3 is 5.97 Å². The second kappa shape index (κ2) is 4.84. The summed E-state index contributed by atoms with van der Waals surface area (Å²) in [5.41, 5.74) is 0.924. The fourth-order valence-electron chi connectivity index (χ4n) is 2.64. The van der Waals surface area contributed by atoms with E-state index >= 15 is 0 Å². The number of ether oxygens (including phenoxy) is 1. The van der Waals surface area contributed by atoms with Gasteiger partial charge in [-0.1, -0.05) is 12.1 Å². The normalized spacial score (nSPS) is 30.9. The molecule has 1 aromatic carbocycles. The number of hydrogen-bond acceptors (Lipinski definition) is 4. The number of rotatable bonds is 3. The molecule has 3 atom stereocenters. The molecule has 20 heavy (non-hydrogen) atoms. The van der Waals surface area contributed by atoms with Crippen molar-refractivity contribution in [3.63, 3.8) is 0 Å². The quantitative estimate of drug-likeness (QED) is 0.796. The summed E-state index contributed by atoms with van der Waals surface area (Å²) >= 11 is 0. The van der Waals surface area contributed by atoms with E-state index in [-0.39, 0.29) is 35.1 Å². The number of halogens is 1. The van der Waals surface area contributed by atoms with Gasteiger partial charge in [-0.05, 0) is 36.5 Å². The van der Waals surface area contributed by atoms with E-state index < -0.39 is 15.9 Å². The van der Waals surface area contributed by atoms with Gasteiger partial charge in [-0.2, -0.15) is 0 Å². The average molecular weight is 298 g/mol. The molecular weight excluding hydrogens is 283 g/mol. The Morgan fingerprint density at radius 3 is 2.55 bits per heavy atom. The van der Waals surface area contributed by atoms with E-state index in [1.807, 2.05) is 0 Å². The van der Waals surface area contributed by atoms with Crippen LogP contribution in [0.3, 0.4) is 0 Å². The SMILES string of the molecule is O=C(O[C@@H]1CCS(=O)(=O)C1)[C@H]1C[C@H]1c1ccc(F)cc1. The van der Waals surface area contributed by atoms with Crippen LogP contribution in [-0.4, -0.2) is 32.0 Å². The lowest BCUT2D eigenvalue weighted by Gasteiger charge is -2.10. The number of sulfone groups is 1. The fourth-order valence-corrected chi connectivity index (χ4v) is 4.23. The summed E-state index contributed by atoms with van der Waals surface area (Å²) in [4.78, 5) is 11.9. The number of carbonyl (C=O) groups is 1. The van der Waals surface area contributed by atoms with Crippen molar-refractivity contribution in [1.29, 1.82) is 0 Å². The summed E-state index contributed by atoms with van der Waals surface area (Å²) in [6, 6.07) is 6.10. The van der Waals surface area contributed by atoms with Crippen LogP contribution < -0.4 is 0 Å². The molecule has 2 aliphatic rings. The van der Waals surface area contributed by atoms with Crippen molar-refractivity contribution < 1.29 is 22.3 Å². The molecule has 1 heterocycles. The summed E-state index contributed by atoms with van der Waals surface area (Å²) in [6.45, 7) is 0. The van der Waals surface area contributed by atoms with E-state index in [0.29, 0.717) is 12.8 Å². The van der Waals surface area contributed by atoms with Crippen LogP contribution in [0, 0.1) is 11.7 Å². The third-order valence-corrected chi connectivity index (χ3v) is 5.60. The van der Waals surface area contributed by atoms with Gasteiger partial charge in [0.25, 0.3) is 0 Å². The highest BCUT2D eigenvalue weighted by Crippen LogP contribution is 2.48. The van der Waals surface area contributed by atoms with E-state index in [1.165, 1.54) is 12.1 Å². The molecule has 2 fully saturated rings. The Morgan fingerprint density at radius 2 is 1.95 bits per heavy atom. The standard InChI is InChI=1S/C14H15FO4S/c15-10-3-1-9(2-4-10)12-7-13(12)14(16)19-11-5-6-20(17,18)8-11/h1-4,11-13H,5-8H2/t11-,12+,13+/m1/s1. The highest BCUT2D eigenvalue weighted by Gasteiger charge is 2.46. The molecule has 0 N–H and O–H groups in total. The molecule has 1 saturated heterocycles. The van der Waals surface area contributed by atoms with Crippen molar-refractivity contribution in [2.45, 2.75) is 24.9 Å². The minimum Gasteiger partial charge on any atom is -0.461 e. The minimum absolute atomic E-state index is 0.0628. The molecule has 3 rings (SSSR count). The highest BCUT2D eigenvalue weighted by atomic mass is 32.2. The highest BCUT2D eigenvalue weighted by molar-refractivity contribution is 7.91. The zero-order chi connectivity index (χ0) is 14.3. The van der Waals surface area contributed by atoms with E-state index in [0.717, 1.165) is 5.56 Å². The fraction of sp³-hybridized carbons (Fsp3) is 0.500. The van der Waals surface area contributed by atoms with Gasteiger partial charge in [0, 0.05) is 0 Å². The molecular formula is C14H15FO4S. The molecule has 4 nitrogen and oxygen atoms in total. The van der Waals surface area contributed by atoms with Crippen LogP contribution in [0.15, 0.2) is 24.3 Å². The number of hydrogen-bond donors (Lipinski definition) is 0. The van der Waals surface area contributed by atoms with Crippen molar-refractivity contribution in [2.24, 2.45) is 5.92 Å². The molecule has 1 aromatic rings. The van der Waals surface area contributed by atoms with Crippen LogP contribution in [-0.2, 0) is 19.4 Å². The largest absolute Gasteiger partial charge is 0.461 e. The van der Waals surface area contributed by atoms with E-state index in [4.69, 9.17) is 4.74 Å². The van der Waals surface area contributed by atoms with E-state index in [9.17, 15) is 17.6 Å². The number of carbonyl (C=O) groups excluding carboxylic acids is 1. The predicted molar refractivity (Wildman–Crippen MR) is 70.4 cm³/mol. The Hall–Kier alpha value is -1.43. The van der Waals surface area contributed by atoms with E-state index in [1.54, 1.807) is 12.1 Å². The molecule has 0 amide bonds. The van der Waals surface area contributed by atoms with Gasteiger partial charge < -0.3 is 4.74 Å². The first-order valence-corrected chi connectivity index (χ1v) is 8.43. The van der Waals surface area contributed by atoms with Crippen molar-refractivity contribution >= 4 is 15.8 Å². The van der Waals surface area contributed by atoms with Gasteiger partial charge in [0.2, 0.25) is 0 Å². The molecule has 1 aliphatic heterocycles. The lowest BCUT2D eigenvalue weighted by Crippen LogP contribution is -2.20. The van der Waals surface area contributed by atoms with Crippen LogP contribution in [0.25, 0.3) is 0 Å². The first kappa shape index (κ1) is 13.5. The van der Waals surface area contributed by atoms with E-state index in [2.05, 4.69) is 0 Å². The predicted octanol–water partition coefficient (Wildman–Crippen LogP) is 1.66. The van der Waals surface area contributed by atoms with Crippen molar-refractivity contribution in [2.75, 3.05) is 11.5 Å². The molecule has 0 radical (unpaired) electrons. The lowest BCUT2D eigenvalue weighted by atomic mass is 10.1. The second-order valence-corrected chi connectivity index (χ2v) is 7.69. The molecule has 6 heteroatoms. The van der Waals surface area contributed by atoms with Crippen molar-refractivity contribution in [3.05, 3.63) is 35.6 Å². The van der Waals surface area contributed by atoms with Crippen LogP contribution in [0.1, 0.15) is 24.3 Å². The summed E-state index contributed by atoms with van der Waals surface area (Å²) in [5.74, 6) is -0.750. The molecule has 1 saturated carbocycles. The molecule has 0 unspecified atom stereocenters. The monoisotopic (exact) mass is 298 g/mol. The van der Waals surface area contributed by atoms with Gasteiger partial charge in [0.15, 0.2) is 9.84 Å². The third kappa shape index (κ3) is 2.85. The average Bonchev–Trinajstić information content (AvgIpc) is 3.10. The van der Waals surface area contributed by atoms with Gasteiger partial charge in [-0.3, -0.25) is 4.79 Å². The lowest BCUT2D eigenvalue weighted by molar-refractivity contribution is -0.149. The third-order valence-electron chi connectivity index (χ3n) is 3.86. The summed E-state index contributed by atoms with van der Waals surface area (Å²) in [7, 11) is -3.04. The molecule has 1 aliphatic carbocycles. The maximum absolute atomic E-state index is 12.8. The Morgan fingerprint density at radius 1 is 1.25 bits per heavy atom. The summed E-state index contributed by atoms with van der Waals surface area (Å²) in [6.07, 6.45) is 0.577. The zero-order valence-corrected chi connectivity index (χ0v) is 11.6. The minimum atomic E-state index is -3.04. The van der Waals surface area contributed by atoms with Gasteiger partial charge in [-0.15, -0.1) is 0 Å². The van der Waals surface area contributed by atoms with Gasteiger partial charge in [-0.25, -0.2) is 12.8 Å². The molecule has 0 spiro atoms. The second-order valence-electron chi connectivity index (χ2n) is 5.46. The van der Waals surface area contributed by atoms with Gasteiger partial charge in [0.1, 0.15) is 11.9 Å². The van der Waals surface area contributed by atoms with Crippen molar-refractivity contribution in [1.82, 2.24) is 0 Å². The molecule has 0 aromatic heterocycles. The van der Waals surface area contributed by atoms with Crippen LogP contribution >= 0.6 is 0 Å². The number of benzene rings is 1. The molecule has 108 valence electrons. The number of esters is 1. The maximum atomic E-state index is 12.8. The van der Waals surface area contributed by atoms with Crippen LogP contribution in [0.2, 0.25) is 0 Å². The Bertz CT molecular complexity index is 623. The van der Waals surface area contributed by atoms with Crippen LogP contribution in [0.5, 0.6) is 0 Å².